The second-order valence-corrected chi connectivity index (χ2v) is 3.55. The highest BCUT2D eigenvalue weighted by Crippen LogP contribution is 2.24. The van der Waals surface area contributed by atoms with Crippen LogP contribution >= 0.6 is 0 Å². The SMILES string of the molecule is O=[N+]([O-])c1nc2ccccc2n1-c1ccc[nH]1. The molecule has 2 heterocycles. The van der Waals surface area contributed by atoms with E-state index in [9.17, 15) is 10.1 Å². The van der Waals surface area contributed by atoms with Gasteiger partial charge in [-0.25, -0.2) is 0 Å². The molecule has 0 aliphatic rings. The van der Waals surface area contributed by atoms with Gasteiger partial charge < -0.3 is 15.1 Å². The molecule has 17 heavy (non-hydrogen) atoms. The smallest absolute Gasteiger partial charge is 0.390 e. The van der Waals surface area contributed by atoms with E-state index >= 15 is 0 Å². The van der Waals surface area contributed by atoms with Crippen LogP contribution in [-0.4, -0.2) is 19.5 Å². The number of hydrogen-bond donors (Lipinski definition) is 1. The normalized spacial score (nSPS) is 10.8. The monoisotopic (exact) mass is 228 g/mol. The minimum Gasteiger partial charge on any atom is -0.390 e. The molecule has 0 spiro atoms. The van der Waals surface area contributed by atoms with Gasteiger partial charge in [0.1, 0.15) is 0 Å². The standard InChI is InChI=1S/C11H8N4O2/c16-15(17)11-13-8-4-1-2-5-9(8)14(11)10-6-3-7-12-10/h1-7,12H. The van der Waals surface area contributed by atoms with E-state index in [4.69, 9.17) is 0 Å². The minimum absolute atomic E-state index is 0.186. The third-order valence-electron chi connectivity index (χ3n) is 2.53. The van der Waals surface area contributed by atoms with Crippen molar-refractivity contribution in [3.8, 4) is 5.82 Å². The maximum Gasteiger partial charge on any atom is 0.441 e. The zero-order valence-electron chi connectivity index (χ0n) is 8.70. The summed E-state index contributed by atoms with van der Waals surface area (Å²) < 4.78 is 1.50. The molecule has 0 bridgehead atoms. The summed E-state index contributed by atoms with van der Waals surface area (Å²) in [4.78, 5) is 17.5. The first-order valence-electron chi connectivity index (χ1n) is 5.03. The molecule has 3 aromatic rings. The highest BCUT2D eigenvalue weighted by molar-refractivity contribution is 5.79. The van der Waals surface area contributed by atoms with Crippen LogP contribution < -0.4 is 0 Å². The molecule has 0 aliphatic heterocycles. The first kappa shape index (κ1) is 9.59. The van der Waals surface area contributed by atoms with Crippen LogP contribution in [0.2, 0.25) is 0 Å². The van der Waals surface area contributed by atoms with Crippen LogP contribution in [0.25, 0.3) is 16.9 Å². The molecule has 1 N–H and O–H groups in total. The van der Waals surface area contributed by atoms with E-state index in [1.54, 1.807) is 36.5 Å². The van der Waals surface area contributed by atoms with Gasteiger partial charge in [-0.2, -0.15) is 4.57 Å². The molecule has 84 valence electrons. The second-order valence-electron chi connectivity index (χ2n) is 3.55. The Labute approximate surface area is 95.7 Å². The van der Waals surface area contributed by atoms with Crippen LogP contribution in [0.5, 0.6) is 0 Å². The highest BCUT2D eigenvalue weighted by Gasteiger charge is 2.23. The topological polar surface area (TPSA) is 76.8 Å². The van der Waals surface area contributed by atoms with Gasteiger partial charge >= 0.3 is 5.95 Å². The second kappa shape index (κ2) is 3.44. The predicted molar refractivity (Wildman–Crippen MR) is 62.1 cm³/mol. The molecule has 0 unspecified atom stereocenters. The molecule has 0 amide bonds. The van der Waals surface area contributed by atoms with Gasteiger partial charge in [0, 0.05) is 6.20 Å². The van der Waals surface area contributed by atoms with Gasteiger partial charge in [-0.3, -0.25) is 0 Å². The summed E-state index contributed by atoms with van der Waals surface area (Å²) >= 11 is 0. The summed E-state index contributed by atoms with van der Waals surface area (Å²) in [5.74, 6) is 0.444. The van der Waals surface area contributed by atoms with Crippen LogP contribution in [-0.2, 0) is 0 Å². The minimum atomic E-state index is -0.485. The van der Waals surface area contributed by atoms with Crippen molar-refractivity contribution in [2.75, 3.05) is 0 Å². The van der Waals surface area contributed by atoms with Crippen molar-refractivity contribution < 1.29 is 4.92 Å². The molecule has 0 aliphatic carbocycles. The molecule has 0 atom stereocenters. The number of nitrogens with zero attached hydrogens (tertiary/aromatic N) is 3. The van der Waals surface area contributed by atoms with Crippen molar-refractivity contribution in [1.29, 1.82) is 0 Å². The Morgan fingerprint density at radius 3 is 2.76 bits per heavy atom. The number of benzene rings is 1. The Balaban J connectivity index is 2.40. The number of fused-ring (bicyclic) bond motifs is 1. The maximum absolute atomic E-state index is 11.0. The van der Waals surface area contributed by atoms with Crippen molar-refractivity contribution in [3.63, 3.8) is 0 Å². The van der Waals surface area contributed by atoms with E-state index in [1.807, 2.05) is 6.07 Å². The Kier molecular flexibility index (Phi) is 1.94. The fourth-order valence-electron chi connectivity index (χ4n) is 1.83. The van der Waals surface area contributed by atoms with Crippen LogP contribution in [0.1, 0.15) is 0 Å². The molecule has 0 radical (unpaired) electrons. The number of H-pyrrole nitrogens is 1. The largest absolute Gasteiger partial charge is 0.441 e. The first-order chi connectivity index (χ1) is 8.27. The van der Waals surface area contributed by atoms with E-state index in [2.05, 4.69) is 9.97 Å². The Morgan fingerprint density at radius 2 is 2.06 bits per heavy atom. The van der Waals surface area contributed by atoms with Crippen LogP contribution in [0.3, 0.4) is 0 Å². The zero-order chi connectivity index (χ0) is 11.8. The summed E-state index contributed by atoms with van der Waals surface area (Å²) in [7, 11) is 0. The lowest BCUT2D eigenvalue weighted by Crippen LogP contribution is -2.01. The molecule has 0 saturated heterocycles. The summed E-state index contributed by atoms with van der Waals surface area (Å²) in [6.45, 7) is 0. The molecule has 6 nitrogen and oxygen atoms in total. The molecule has 1 aromatic carbocycles. The van der Waals surface area contributed by atoms with Crippen LogP contribution in [0.4, 0.5) is 5.95 Å². The number of rotatable bonds is 2. The van der Waals surface area contributed by atoms with E-state index in [-0.39, 0.29) is 5.95 Å². The zero-order valence-corrected chi connectivity index (χ0v) is 8.70. The maximum atomic E-state index is 11.0. The summed E-state index contributed by atoms with van der Waals surface area (Å²) in [6.07, 6.45) is 1.72. The Morgan fingerprint density at radius 1 is 1.24 bits per heavy atom. The van der Waals surface area contributed by atoms with Gasteiger partial charge in [0.2, 0.25) is 0 Å². The molecule has 0 saturated carbocycles. The fourth-order valence-corrected chi connectivity index (χ4v) is 1.83. The van der Waals surface area contributed by atoms with Gasteiger partial charge in [-0.1, -0.05) is 17.1 Å². The number of aromatic amines is 1. The van der Waals surface area contributed by atoms with E-state index in [0.717, 1.165) is 0 Å². The molecular weight excluding hydrogens is 220 g/mol. The average Bonchev–Trinajstić information content (AvgIpc) is 2.94. The number of nitro groups is 1. The lowest BCUT2D eigenvalue weighted by Gasteiger charge is -1.98. The Hall–Kier alpha value is -2.63. The number of imidazole rings is 1. The van der Waals surface area contributed by atoms with Crippen molar-refractivity contribution in [2.45, 2.75) is 0 Å². The average molecular weight is 228 g/mol. The number of para-hydroxylation sites is 2. The molecule has 3 rings (SSSR count). The van der Waals surface area contributed by atoms with Crippen molar-refractivity contribution >= 4 is 17.0 Å². The van der Waals surface area contributed by atoms with Gasteiger partial charge in [0.25, 0.3) is 0 Å². The number of nitrogens with one attached hydrogen (secondary N) is 1. The first-order valence-corrected chi connectivity index (χ1v) is 5.03. The molecule has 6 heteroatoms. The highest BCUT2D eigenvalue weighted by atomic mass is 16.6. The van der Waals surface area contributed by atoms with Gasteiger partial charge in [-0.15, -0.1) is 0 Å². The lowest BCUT2D eigenvalue weighted by molar-refractivity contribution is -0.395. The Bertz CT molecular complexity index is 685. The quantitative estimate of drug-likeness (QED) is 0.539. The molecule has 0 fully saturated rings. The van der Waals surface area contributed by atoms with Crippen molar-refractivity contribution in [1.82, 2.24) is 14.5 Å². The third kappa shape index (κ3) is 1.38. The van der Waals surface area contributed by atoms with Gasteiger partial charge in [0.15, 0.2) is 16.9 Å². The summed E-state index contributed by atoms with van der Waals surface area (Å²) in [5, 5.41) is 11.0. The number of aromatic nitrogens is 3. The van der Waals surface area contributed by atoms with Gasteiger partial charge in [0.05, 0.1) is 0 Å². The van der Waals surface area contributed by atoms with Crippen molar-refractivity contribution in [3.05, 3.63) is 52.7 Å². The van der Waals surface area contributed by atoms with E-state index in [1.165, 1.54) is 4.57 Å². The lowest BCUT2D eigenvalue weighted by atomic mass is 10.3. The molecule has 2 aromatic heterocycles. The predicted octanol–water partition coefficient (Wildman–Crippen LogP) is 2.26. The fraction of sp³-hybridized carbons (Fsp3) is 0. The van der Waals surface area contributed by atoms with Crippen LogP contribution in [0.15, 0.2) is 42.6 Å². The van der Waals surface area contributed by atoms with Crippen LogP contribution in [0, 0.1) is 10.1 Å². The van der Waals surface area contributed by atoms with Crippen molar-refractivity contribution in [2.24, 2.45) is 0 Å². The molecular formula is C11H8N4O2. The summed E-state index contributed by atoms with van der Waals surface area (Å²) in [5.41, 5.74) is 1.32. The van der Waals surface area contributed by atoms with E-state index in [0.29, 0.717) is 16.9 Å². The van der Waals surface area contributed by atoms with Gasteiger partial charge in [-0.05, 0) is 29.2 Å². The number of hydrogen-bond acceptors (Lipinski definition) is 3. The summed E-state index contributed by atoms with van der Waals surface area (Å²) in [6, 6.07) is 10.7. The third-order valence-corrected chi connectivity index (χ3v) is 2.53. The van der Waals surface area contributed by atoms with E-state index < -0.39 is 4.92 Å².